The zero-order valence-corrected chi connectivity index (χ0v) is 12.5. The minimum absolute atomic E-state index is 0.0560. The largest absolute Gasteiger partial charge is 0.322 e. The summed E-state index contributed by atoms with van der Waals surface area (Å²) in [5.41, 5.74) is -0.0489. The first kappa shape index (κ1) is 16.4. The number of nitrogens with zero attached hydrogens (tertiary/aromatic N) is 2. The van der Waals surface area contributed by atoms with Crippen molar-refractivity contribution >= 4 is 34.6 Å². The predicted molar refractivity (Wildman–Crippen MR) is 83.9 cm³/mol. The van der Waals surface area contributed by atoms with Crippen LogP contribution in [0, 0.1) is 27.2 Å². The number of carbonyl (C=O) groups excluding carboxylic acids is 1. The first-order valence-electron chi connectivity index (χ1n) is 6.30. The summed E-state index contributed by atoms with van der Waals surface area (Å²) >= 11 is 5.70. The van der Waals surface area contributed by atoms with Crippen molar-refractivity contribution in [3.8, 4) is 0 Å². The van der Waals surface area contributed by atoms with Crippen LogP contribution in [0.25, 0.3) is 0 Å². The molecule has 0 saturated carbocycles. The van der Waals surface area contributed by atoms with Gasteiger partial charge in [-0.3, -0.25) is 25.0 Å². The van der Waals surface area contributed by atoms with Crippen LogP contribution in [0.1, 0.15) is 15.9 Å². The number of nitrogens with one attached hydrogen (secondary N) is 1. The molecular formula is C14H10ClN3O5. The van der Waals surface area contributed by atoms with E-state index in [1.54, 1.807) is 0 Å². The van der Waals surface area contributed by atoms with Gasteiger partial charge in [0.15, 0.2) is 0 Å². The van der Waals surface area contributed by atoms with Crippen LogP contribution in [-0.2, 0) is 0 Å². The smallest absolute Gasteiger partial charge is 0.289 e. The lowest BCUT2D eigenvalue weighted by atomic mass is 10.1. The van der Waals surface area contributed by atoms with E-state index in [2.05, 4.69) is 5.32 Å². The standard InChI is InChI=1S/C14H10ClN3O5/c1-8-10(3-2-4-12(8)17(20)21)14(19)16-9-5-6-11(15)13(7-9)18(22)23/h2-7H,1H3,(H,16,19). The molecule has 0 heterocycles. The molecule has 0 bridgehead atoms. The Morgan fingerprint density at radius 2 is 1.74 bits per heavy atom. The van der Waals surface area contributed by atoms with E-state index >= 15 is 0 Å². The first-order chi connectivity index (χ1) is 10.8. The first-order valence-corrected chi connectivity index (χ1v) is 6.68. The number of anilines is 1. The number of rotatable bonds is 4. The fourth-order valence-corrected chi connectivity index (χ4v) is 2.18. The van der Waals surface area contributed by atoms with Crippen LogP contribution >= 0.6 is 11.6 Å². The molecule has 8 nitrogen and oxygen atoms in total. The monoisotopic (exact) mass is 335 g/mol. The lowest BCUT2D eigenvalue weighted by Gasteiger charge is -2.08. The van der Waals surface area contributed by atoms with Gasteiger partial charge in [-0.15, -0.1) is 0 Å². The fourth-order valence-electron chi connectivity index (χ4n) is 2.00. The molecule has 118 valence electrons. The van der Waals surface area contributed by atoms with Gasteiger partial charge in [-0.05, 0) is 25.1 Å². The molecule has 23 heavy (non-hydrogen) atoms. The average Bonchev–Trinajstić information content (AvgIpc) is 2.48. The van der Waals surface area contributed by atoms with Crippen molar-refractivity contribution in [2.45, 2.75) is 6.92 Å². The fraction of sp³-hybridized carbons (Fsp3) is 0.0714. The van der Waals surface area contributed by atoms with E-state index in [1.165, 1.54) is 37.3 Å². The molecule has 0 aliphatic rings. The topological polar surface area (TPSA) is 115 Å². The molecule has 2 rings (SSSR count). The number of benzene rings is 2. The number of hydrogen-bond acceptors (Lipinski definition) is 5. The van der Waals surface area contributed by atoms with E-state index in [4.69, 9.17) is 11.6 Å². The van der Waals surface area contributed by atoms with Crippen LogP contribution in [0.3, 0.4) is 0 Å². The lowest BCUT2D eigenvalue weighted by molar-refractivity contribution is -0.385. The molecule has 1 N–H and O–H groups in total. The third kappa shape index (κ3) is 3.43. The van der Waals surface area contributed by atoms with Gasteiger partial charge in [-0.2, -0.15) is 0 Å². The van der Waals surface area contributed by atoms with Gasteiger partial charge in [0.25, 0.3) is 17.3 Å². The predicted octanol–water partition coefficient (Wildman–Crippen LogP) is 3.72. The van der Waals surface area contributed by atoms with Gasteiger partial charge in [0.2, 0.25) is 0 Å². The summed E-state index contributed by atoms with van der Waals surface area (Å²) < 4.78 is 0. The van der Waals surface area contributed by atoms with Gasteiger partial charge in [-0.1, -0.05) is 17.7 Å². The van der Waals surface area contributed by atoms with Crippen LogP contribution in [0.5, 0.6) is 0 Å². The molecule has 1 amide bonds. The van der Waals surface area contributed by atoms with Crippen molar-refractivity contribution in [2.75, 3.05) is 5.32 Å². The summed E-state index contributed by atoms with van der Waals surface area (Å²) in [4.78, 5) is 32.7. The maximum atomic E-state index is 12.2. The summed E-state index contributed by atoms with van der Waals surface area (Å²) in [7, 11) is 0. The minimum atomic E-state index is -0.670. The van der Waals surface area contributed by atoms with E-state index in [0.29, 0.717) is 0 Å². The van der Waals surface area contributed by atoms with Crippen molar-refractivity contribution in [3.63, 3.8) is 0 Å². The van der Waals surface area contributed by atoms with Gasteiger partial charge < -0.3 is 5.32 Å². The summed E-state index contributed by atoms with van der Waals surface area (Å²) in [6.45, 7) is 1.46. The number of hydrogen-bond donors (Lipinski definition) is 1. The number of nitro groups is 2. The second-order valence-corrected chi connectivity index (χ2v) is 4.99. The Kier molecular flexibility index (Phi) is 4.56. The number of halogens is 1. The van der Waals surface area contributed by atoms with Crippen LogP contribution in [0.15, 0.2) is 36.4 Å². The molecule has 0 saturated heterocycles. The van der Waals surface area contributed by atoms with Crippen LogP contribution in [0.4, 0.5) is 17.1 Å². The molecule has 0 fully saturated rings. The van der Waals surface area contributed by atoms with Gasteiger partial charge in [0.05, 0.1) is 9.85 Å². The normalized spacial score (nSPS) is 10.2. The minimum Gasteiger partial charge on any atom is -0.322 e. The van der Waals surface area contributed by atoms with Crippen LogP contribution in [0.2, 0.25) is 5.02 Å². The summed E-state index contributed by atoms with van der Waals surface area (Å²) in [5, 5.41) is 24.1. The molecule has 0 radical (unpaired) electrons. The van der Waals surface area contributed by atoms with E-state index in [0.717, 1.165) is 6.07 Å². The SMILES string of the molecule is Cc1c(C(=O)Nc2ccc(Cl)c([N+](=O)[O-])c2)cccc1[N+](=O)[O-]. The quantitative estimate of drug-likeness (QED) is 0.675. The van der Waals surface area contributed by atoms with Crippen molar-refractivity contribution in [1.29, 1.82) is 0 Å². The number of carbonyl (C=O) groups is 1. The molecule has 0 aliphatic heterocycles. The number of amides is 1. The highest BCUT2D eigenvalue weighted by Crippen LogP contribution is 2.28. The summed E-state index contributed by atoms with van der Waals surface area (Å²) in [5.74, 6) is -0.608. The molecule has 2 aromatic carbocycles. The van der Waals surface area contributed by atoms with E-state index in [-0.39, 0.29) is 33.2 Å². The average molecular weight is 336 g/mol. The van der Waals surface area contributed by atoms with Gasteiger partial charge >= 0.3 is 0 Å². The van der Waals surface area contributed by atoms with Gasteiger partial charge in [0, 0.05) is 28.9 Å². The maximum Gasteiger partial charge on any atom is 0.289 e. The van der Waals surface area contributed by atoms with Crippen LogP contribution < -0.4 is 5.32 Å². The zero-order valence-electron chi connectivity index (χ0n) is 11.8. The van der Waals surface area contributed by atoms with E-state index in [9.17, 15) is 25.0 Å². The second-order valence-electron chi connectivity index (χ2n) is 4.58. The van der Waals surface area contributed by atoms with E-state index in [1.807, 2.05) is 0 Å². The Balaban J connectivity index is 2.33. The molecule has 9 heteroatoms. The van der Waals surface area contributed by atoms with Crippen LogP contribution in [-0.4, -0.2) is 15.8 Å². The Labute approximate surface area is 135 Å². The highest BCUT2D eigenvalue weighted by Gasteiger charge is 2.19. The second kappa shape index (κ2) is 6.41. The molecule has 0 spiro atoms. The molecule has 0 atom stereocenters. The Hall–Kier alpha value is -3.00. The van der Waals surface area contributed by atoms with Gasteiger partial charge in [0.1, 0.15) is 5.02 Å². The third-order valence-electron chi connectivity index (χ3n) is 3.15. The third-order valence-corrected chi connectivity index (χ3v) is 3.47. The van der Waals surface area contributed by atoms with E-state index < -0.39 is 15.8 Å². The Morgan fingerprint density at radius 3 is 2.35 bits per heavy atom. The summed E-state index contributed by atoms with van der Waals surface area (Å²) in [6, 6.07) is 7.92. The van der Waals surface area contributed by atoms with Crippen molar-refractivity contribution in [2.24, 2.45) is 0 Å². The highest BCUT2D eigenvalue weighted by atomic mass is 35.5. The van der Waals surface area contributed by atoms with Gasteiger partial charge in [-0.25, -0.2) is 0 Å². The Morgan fingerprint density at radius 1 is 1.09 bits per heavy atom. The maximum absolute atomic E-state index is 12.2. The number of nitro benzene ring substituents is 2. The Bertz CT molecular complexity index is 822. The zero-order chi connectivity index (χ0) is 17.1. The van der Waals surface area contributed by atoms with Crippen molar-refractivity contribution in [3.05, 3.63) is 72.8 Å². The molecule has 2 aromatic rings. The summed E-state index contributed by atoms with van der Waals surface area (Å²) in [6.07, 6.45) is 0. The lowest BCUT2D eigenvalue weighted by Crippen LogP contribution is -2.14. The highest BCUT2D eigenvalue weighted by molar-refractivity contribution is 6.32. The molecule has 0 aliphatic carbocycles. The molecule has 0 unspecified atom stereocenters. The van der Waals surface area contributed by atoms with Crippen molar-refractivity contribution in [1.82, 2.24) is 0 Å². The molecule has 0 aromatic heterocycles. The van der Waals surface area contributed by atoms with Crippen molar-refractivity contribution < 1.29 is 14.6 Å². The molecular weight excluding hydrogens is 326 g/mol.